The lowest BCUT2D eigenvalue weighted by Gasteiger charge is -2.40. The first-order valence-electron chi connectivity index (χ1n) is 13.4. The molecule has 0 saturated heterocycles. The highest BCUT2D eigenvalue weighted by atomic mass is 79.9. The molecular formula is C33H25BrN6O2. The number of aliphatic imine (C=N–C) groups is 2. The Morgan fingerprint density at radius 1 is 0.881 bits per heavy atom. The zero-order valence-corrected chi connectivity index (χ0v) is 24.4. The molecule has 42 heavy (non-hydrogen) atoms. The van der Waals surface area contributed by atoms with Gasteiger partial charge in [0, 0.05) is 15.7 Å². The minimum absolute atomic E-state index is 0.296. The van der Waals surface area contributed by atoms with Crippen molar-refractivity contribution in [1.29, 1.82) is 0 Å². The van der Waals surface area contributed by atoms with E-state index in [0.717, 1.165) is 49.9 Å². The number of amidine groups is 2. The highest BCUT2D eigenvalue weighted by Crippen LogP contribution is 2.48. The van der Waals surface area contributed by atoms with Crippen molar-refractivity contribution >= 4 is 56.5 Å². The van der Waals surface area contributed by atoms with Gasteiger partial charge in [-0.25, -0.2) is 19.5 Å². The van der Waals surface area contributed by atoms with Crippen LogP contribution in [-0.4, -0.2) is 34.5 Å². The number of rotatable bonds is 4. The van der Waals surface area contributed by atoms with Crippen molar-refractivity contribution in [2.24, 2.45) is 9.98 Å². The number of fused-ring (bicyclic) bond motifs is 4. The molecule has 1 aromatic heterocycles. The Morgan fingerprint density at radius 2 is 1.60 bits per heavy atom. The number of nitrogens with zero attached hydrogens (tertiary/aromatic N) is 5. The van der Waals surface area contributed by atoms with Crippen molar-refractivity contribution in [3.05, 3.63) is 130 Å². The summed E-state index contributed by atoms with van der Waals surface area (Å²) in [6, 6.07) is 33.2. The third kappa shape index (κ3) is 4.38. The third-order valence-corrected chi connectivity index (χ3v) is 7.92. The van der Waals surface area contributed by atoms with Crippen LogP contribution in [-0.2, 0) is 4.74 Å². The second-order valence-corrected chi connectivity index (χ2v) is 10.9. The second-order valence-electron chi connectivity index (χ2n) is 9.97. The summed E-state index contributed by atoms with van der Waals surface area (Å²) in [7, 11) is 1.39. The van der Waals surface area contributed by atoms with Crippen molar-refractivity contribution in [3.63, 3.8) is 0 Å². The maximum Gasteiger partial charge on any atom is 0.337 e. The van der Waals surface area contributed by atoms with Gasteiger partial charge in [-0.3, -0.25) is 0 Å². The van der Waals surface area contributed by atoms with Gasteiger partial charge in [0.1, 0.15) is 0 Å². The number of methoxy groups -OCH3 is 1. The molecule has 0 amide bonds. The Kier molecular flexibility index (Phi) is 6.43. The summed E-state index contributed by atoms with van der Waals surface area (Å²) in [5.74, 6) is 1.65. The van der Waals surface area contributed by atoms with Crippen LogP contribution >= 0.6 is 15.9 Å². The zero-order valence-electron chi connectivity index (χ0n) is 22.8. The van der Waals surface area contributed by atoms with Gasteiger partial charge >= 0.3 is 5.97 Å². The minimum atomic E-state index is -0.377. The largest absolute Gasteiger partial charge is 0.465 e. The predicted molar refractivity (Wildman–Crippen MR) is 169 cm³/mol. The number of benzene rings is 4. The van der Waals surface area contributed by atoms with Crippen LogP contribution in [0.4, 0.5) is 22.9 Å². The van der Waals surface area contributed by atoms with Gasteiger partial charge in [0.05, 0.1) is 41.5 Å². The lowest BCUT2D eigenvalue weighted by molar-refractivity contribution is 0.0600. The first-order valence-corrected chi connectivity index (χ1v) is 14.2. The molecule has 3 heterocycles. The highest BCUT2D eigenvalue weighted by Gasteiger charge is 2.41. The normalized spacial score (nSPS) is 15.1. The fourth-order valence-corrected chi connectivity index (χ4v) is 5.72. The maximum atomic E-state index is 12.3. The van der Waals surface area contributed by atoms with E-state index in [0.29, 0.717) is 17.2 Å². The van der Waals surface area contributed by atoms with Gasteiger partial charge in [-0.15, -0.1) is 0 Å². The Hall–Kier alpha value is -5.02. The Labute approximate surface area is 251 Å². The molecule has 1 atom stereocenters. The lowest BCUT2D eigenvalue weighted by atomic mass is 9.92. The summed E-state index contributed by atoms with van der Waals surface area (Å²) in [6.45, 7) is 2.01. The lowest BCUT2D eigenvalue weighted by Crippen LogP contribution is -2.46. The van der Waals surface area contributed by atoms with E-state index in [9.17, 15) is 4.79 Å². The monoisotopic (exact) mass is 616 g/mol. The fourth-order valence-electron chi connectivity index (χ4n) is 5.45. The molecule has 5 aromatic rings. The van der Waals surface area contributed by atoms with Crippen LogP contribution < -0.4 is 10.2 Å². The summed E-state index contributed by atoms with van der Waals surface area (Å²) in [5.41, 5.74) is 6.86. The zero-order chi connectivity index (χ0) is 28.8. The number of carbonyl (C=O) groups excluding carboxylic acids is 1. The van der Waals surface area contributed by atoms with Gasteiger partial charge in [-0.1, -0.05) is 58.4 Å². The first-order chi connectivity index (χ1) is 20.5. The topological polar surface area (TPSA) is 84.1 Å². The van der Waals surface area contributed by atoms with Crippen LogP contribution in [0.1, 0.15) is 33.2 Å². The number of hydrogen-bond donors (Lipinski definition) is 1. The number of aromatic nitrogens is 2. The van der Waals surface area contributed by atoms with Crippen molar-refractivity contribution < 1.29 is 9.53 Å². The molecule has 0 aliphatic carbocycles. The van der Waals surface area contributed by atoms with Gasteiger partial charge < -0.3 is 15.0 Å². The van der Waals surface area contributed by atoms with Crippen molar-refractivity contribution in [2.45, 2.75) is 13.0 Å². The van der Waals surface area contributed by atoms with Gasteiger partial charge in [-0.2, -0.15) is 5.10 Å². The molecule has 8 nitrogen and oxygen atoms in total. The average molecular weight is 618 g/mol. The van der Waals surface area contributed by atoms with E-state index < -0.39 is 0 Å². The third-order valence-electron chi connectivity index (χ3n) is 7.39. The molecule has 0 bridgehead atoms. The second kappa shape index (κ2) is 10.4. The number of hydrogen-bond acceptors (Lipinski definition) is 7. The van der Waals surface area contributed by atoms with Crippen LogP contribution in [0.5, 0.6) is 0 Å². The number of para-hydroxylation sites is 3. The molecule has 206 valence electrons. The van der Waals surface area contributed by atoms with Gasteiger partial charge in [0.25, 0.3) is 0 Å². The smallest absolute Gasteiger partial charge is 0.337 e. The molecule has 0 radical (unpaired) electrons. The van der Waals surface area contributed by atoms with Gasteiger partial charge in [0.15, 0.2) is 17.5 Å². The number of nitrogens with one attached hydrogen (secondary N) is 1. The molecule has 2 aliphatic rings. The number of aryl methyl sites for hydroxylation is 1. The van der Waals surface area contributed by atoms with E-state index in [-0.39, 0.29) is 12.0 Å². The molecular weight excluding hydrogens is 592 g/mol. The van der Waals surface area contributed by atoms with E-state index in [2.05, 4.69) is 32.2 Å². The van der Waals surface area contributed by atoms with Gasteiger partial charge in [0.2, 0.25) is 0 Å². The summed E-state index contributed by atoms with van der Waals surface area (Å²) in [4.78, 5) is 24.8. The molecule has 2 aliphatic heterocycles. The van der Waals surface area contributed by atoms with E-state index in [1.807, 2.05) is 96.5 Å². The van der Waals surface area contributed by atoms with Crippen molar-refractivity contribution in [3.8, 4) is 5.69 Å². The minimum Gasteiger partial charge on any atom is -0.465 e. The van der Waals surface area contributed by atoms with Gasteiger partial charge in [-0.05, 0) is 73.2 Å². The summed E-state index contributed by atoms with van der Waals surface area (Å²) < 4.78 is 7.83. The molecule has 0 saturated carbocycles. The quantitative estimate of drug-likeness (QED) is 0.211. The molecule has 7 rings (SSSR count). The standard InChI is InChI=1S/C33H25BrN6O2/c1-20-28-29(21-12-14-22(15-13-21)33(41)42-2)39-27-11-7-6-10-26(27)36-30(35-24-18-16-23(34)17-19-24)32(39)37-31(28)40(38-20)25-8-4-3-5-9-25/h3-19,29H,1-2H3,(H,35,36)/t29-/m1/s1. The van der Waals surface area contributed by atoms with Crippen molar-refractivity contribution in [1.82, 2.24) is 9.78 Å². The summed E-state index contributed by atoms with van der Waals surface area (Å²) in [5, 5.41) is 8.49. The molecule has 0 unspecified atom stereocenters. The highest BCUT2D eigenvalue weighted by molar-refractivity contribution is 9.10. The molecule has 1 N–H and O–H groups in total. The fraction of sp³-hybridized carbons (Fsp3) is 0.0909. The van der Waals surface area contributed by atoms with Crippen molar-refractivity contribution in [2.75, 3.05) is 17.3 Å². The van der Waals surface area contributed by atoms with Crippen LogP contribution in [0, 0.1) is 6.92 Å². The Bertz CT molecular complexity index is 1880. The Balaban J connectivity index is 1.47. The number of esters is 1. The van der Waals surface area contributed by atoms with Crippen LogP contribution in [0.3, 0.4) is 0 Å². The molecule has 9 heteroatoms. The van der Waals surface area contributed by atoms with Crippen LogP contribution in [0.15, 0.2) is 118 Å². The first kappa shape index (κ1) is 25.9. The summed E-state index contributed by atoms with van der Waals surface area (Å²) in [6.07, 6.45) is 0. The Morgan fingerprint density at radius 3 is 2.33 bits per heavy atom. The summed E-state index contributed by atoms with van der Waals surface area (Å²) >= 11 is 3.52. The molecule has 4 aromatic carbocycles. The molecule has 0 spiro atoms. The number of carbonyl (C=O) groups is 1. The van der Waals surface area contributed by atoms with E-state index in [1.54, 1.807) is 12.1 Å². The van der Waals surface area contributed by atoms with E-state index >= 15 is 0 Å². The maximum absolute atomic E-state index is 12.3. The van der Waals surface area contributed by atoms with Crippen LogP contribution in [0.25, 0.3) is 5.69 Å². The molecule has 0 fully saturated rings. The van der Waals surface area contributed by atoms with E-state index in [4.69, 9.17) is 19.8 Å². The number of ether oxygens (including phenoxy) is 1. The predicted octanol–water partition coefficient (Wildman–Crippen LogP) is 7.53. The average Bonchev–Trinajstić information content (AvgIpc) is 3.37. The van der Waals surface area contributed by atoms with Crippen LogP contribution in [0.2, 0.25) is 0 Å². The number of anilines is 2. The SMILES string of the molecule is COC(=O)c1ccc([C@@H]2c3c(C)nn(-c4ccccc4)c3N=C3C(Nc4ccc(Br)cc4)=Nc4ccccc4N32)cc1. The number of halogens is 1. The van der Waals surface area contributed by atoms with E-state index in [1.165, 1.54) is 7.11 Å².